The first-order valence-corrected chi connectivity index (χ1v) is 11.8. The Morgan fingerprint density at radius 2 is 1.89 bits per heavy atom. The number of ether oxygens (including phenoxy) is 1. The summed E-state index contributed by atoms with van der Waals surface area (Å²) in [5.74, 6) is 4.24. The molecule has 0 spiro atoms. The summed E-state index contributed by atoms with van der Waals surface area (Å²) >= 11 is 3.45. The maximum absolute atomic E-state index is 11.9. The predicted octanol–water partition coefficient (Wildman–Crippen LogP) is 5.66. The summed E-state index contributed by atoms with van der Waals surface area (Å²) in [6.45, 7) is 6.06. The minimum Gasteiger partial charge on any atom is -0.467 e. The number of aryl methyl sites for hydroxylation is 3. The van der Waals surface area contributed by atoms with Crippen molar-refractivity contribution in [3.63, 3.8) is 0 Å². The molecule has 0 aliphatic carbocycles. The molecule has 1 aromatic heterocycles. The number of thioether (sulfide) groups is 2. The summed E-state index contributed by atoms with van der Waals surface area (Å²) < 4.78 is 10.4. The third kappa shape index (κ3) is 5.15. The highest BCUT2D eigenvalue weighted by molar-refractivity contribution is 8.19. The van der Waals surface area contributed by atoms with Gasteiger partial charge in [-0.15, -0.1) is 23.5 Å². The Kier molecular flexibility index (Phi) is 7.15. The summed E-state index contributed by atoms with van der Waals surface area (Å²) in [6, 6.07) is 8.29. The fraction of sp³-hybridized carbons (Fsp3) is 0.545. The van der Waals surface area contributed by atoms with Crippen LogP contribution in [0.1, 0.15) is 43.2 Å². The molecule has 28 heavy (non-hydrogen) atoms. The van der Waals surface area contributed by atoms with Crippen molar-refractivity contribution in [1.29, 1.82) is 0 Å². The van der Waals surface area contributed by atoms with E-state index in [2.05, 4.69) is 31.2 Å². The minimum atomic E-state index is -0.435. The number of carbonyl (C=O) groups excluding carboxylic acids is 1. The highest BCUT2D eigenvalue weighted by Crippen LogP contribution is 2.45. The Balaban J connectivity index is 1.44. The van der Waals surface area contributed by atoms with E-state index in [1.165, 1.54) is 25.5 Å². The summed E-state index contributed by atoms with van der Waals surface area (Å²) in [6.07, 6.45) is 4.43. The number of carbonyl (C=O) groups is 1. The molecule has 0 amide bonds. The lowest BCUT2D eigenvalue weighted by Gasteiger charge is -2.33. The van der Waals surface area contributed by atoms with Gasteiger partial charge in [-0.2, -0.15) is 0 Å². The summed E-state index contributed by atoms with van der Waals surface area (Å²) in [4.78, 5) is 16.6. The predicted molar refractivity (Wildman–Crippen MR) is 118 cm³/mol. The first-order valence-electron chi connectivity index (χ1n) is 9.81. The van der Waals surface area contributed by atoms with Crippen molar-refractivity contribution in [3.05, 3.63) is 41.3 Å². The second kappa shape index (κ2) is 9.40. The molecule has 3 rings (SSSR count). The van der Waals surface area contributed by atoms with Crippen molar-refractivity contribution >= 4 is 29.5 Å². The molecule has 1 saturated heterocycles. The minimum absolute atomic E-state index is 0.119. The Hall–Kier alpha value is -1.40. The van der Waals surface area contributed by atoms with Gasteiger partial charge in [0.1, 0.15) is 5.76 Å². The largest absolute Gasteiger partial charge is 0.467 e. The van der Waals surface area contributed by atoms with Crippen LogP contribution in [-0.2, 0) is 16.0 Å². The lowest BCUT2D eigenvalue weighted by atomic mass is 10.0. The number of hydrogen-bond acceptors (Lipinski definition) is 6. The Labute approximate surface area is 176 Å². The lowest BCUT2D eigenvalue weighted by Crippen LogP contribution is -2.35. The van der Waals surface area contributed by atoms with E-state index in [0.717, 1.165) is 47.3 Å². The molecule has 0 bridgehead atoms. The molecule has 1 aliphatic rings. The molecule has 0 unspecified atom stereocenters. The highest BCUT2D eigenvalue weighted by Gasteiger charge is 2.40. The van der Waals surface area contributed by atoms with Crippen LogP contribution < -0.4 is 0 Å². The molecule has 2 heterocycles. The molecule has 1 aromatic carbocycles. The second-order valence-electron chi connectivity index (χ2n) is 7.56. The van der Waals surface area contributed by atoms with Gasteiger partial charge in [-0.1, -0.05) is 24.1 Å². The molecule has 1 fully saturated rings. The average Bonchev–Trinajstić information content (AvgIpc) is 3.07. The zero-order valence-electron chi connectivity index (χ0n) is 17.1. The zero-order valence-corrected chi connectivity index (χ0v) is 18.8. The fourth-order valence-corrected chi connectivity index (χ4v) is 6.29. The van der Waals surface area contributed by atoms with Crippen molar-refractivity contribution in [2.75, 3.05) is 18.6 Å². The average molecular weight is 420 g/mol. The quantitative estimate of drug-likeness (QED) is 0.426. The van der Waals surface area contributed by atoms with E-state index in [-0.39, 0.29) is 5.97 Å². The van der Waals surface area contributed by atoms with Gasteiger partial charge < -0.3 is 9.15 Å². The van der Waals surface area contributed by atoms with Gasteiger partial charge in [-0.25, -0.2) is 9.78 Å². The van der Waals surface area contributed by atoms with E-state index in [9.17, 15) is 4.79 Å². The van der Waals surface area contributed by atoms with E-state index in [1.807, 2.05) is 13.8 Å². The number of rotatable bonds is 7. The monoisotopic (exact) mass is 419 g/mol. The third-order valence-electron chi connectivity index (χ3n) is 5.21. The van der Waals surface area contributed by atoms with E-state index >= 15 is 0 Å². The summed E-state index contributed by atoms with van der Waals surface area (Å²) in [5.41, 5.74) is 3.34. The maximum Gasteiger partial charge on any atom is 0.331 e. The van der Waals surface area contributed by atoms with Gasteiger partial charge in [-0.3, -0.25) is 0 Å². The smallest absolute Gasteiger partial charge is 0.331 e. The van der Waals surface area contributed by atoms with Crippen LogP contribution in [0.15, 0.2) is 28.7 Å². The van der Waals surface area contributed by atoms with Crippen LogP contribution in [0.2, 0.25) is 0 Å². The molecule has 1 aliphatic heterocycles. The van der Waals surface area contributed by atoms with Gasteiger partial charge in [0.2, 0.25) is 5.89 Å². The topological polar surface area (TPSA) is 52.3 Å². The standard InChI is InChI=1S/C22H29NO3S2/c1-15-9-11-18(12-10-15)20-23-19(16(2)26-20)8-6-5-7-17-13-27-22(3,28-14-17)21(24)25-4/h9-12,17H,5-8,13-14H2,1-4H3/t17-,22-. The first kappa shape index (κ1) is 21.3. The Bertz CT molecular complexity index is 793. The summed E-state index contributed by atoms with van der Waals surface area (Å²) in [5, 5.41) is 0. The maximum atomic E-state index is 11.9. The van der Waals surface area contributed by atoms with Gasteiger partial charge in [0.25, 0.3) is 0 Å². The number of aromatic nitrogens is 1. The number of unbranched alkanes of at least 4 members (excludes halogenated alkanes) is 1. The third-order valence-corrected chi connectivity index (χ3v) is 8.63. The lowest BCUT2D eigenvalue weighted by molar-refractivity contribution is -0.140. The second-order valence-corrected chi connectivity index (χ2v) is 10.7. The molecule has 2 aromatic rings. The van der Waals surface area contributed by atoms with E-state index in [0.29, 0.717) is 5.92 Å². The number of benzene rings is 1. The van der Waals surface area contributed by atoms with E-state index < -0.39 is 4.08 Å². The van der Waals surface area contributed by atoms with Crippen molar-refractivity contribution in [2.24, 2.45) is 5.92 Å². The van der Waals surface area contributed by atoms with Crippen LogP contribution in [0.5, 0.6) is 0 Å². The normalized spacial score (nSPS) is 22.2. The molecule has 0 saturated carbocycles. The van der Waals surface area contributed by atoms with Gasteiger partial charge >= 0.3 is 5.97 Å². The highest BCUT2D eigenvalue weighted by atomic mass is 32.2. The van der Waals surface area contributed by atoms with Crippen molar-refractivity contribution in [2.45, 2.75) is 50.5 Å². The van der Waals surface area contributed by atoms with Gasteiger partial charge in [0.15, 0.2) is 4.08 Å². The van der Waals surface area contributed by atoms with Gasteiger partial charge in [-0.05, 0) is 69.6 Å². The van der Waals surface area contributed by atoms with Crippen LogP contribution in [0.3, 0.4) is 0 Å². The SMILES string of the molecule is COC(=O)[C@]1(C)SC[C@@H](CCCCc2nc(-c3ccc(C)cc3)oc2C)CS1. The van der Waals surface area contributed by atoms with Gasteiger partial charge in [0.05, 0.1) is 12.8 Å². The van der Waals surface area contributed by atoms with Crippen molar-refractivity contribution in [1.82, 2.24) is 4.98 Å². The molecule has 0 N–H and O–H groups in total. The van der Waals surface area contributed by atoms with Crippen molar-refractivity contribution in [3.8, 4) is 11.5 Å². The number of esters is 1. The Morgan fingerprint density at radius 3 is 2.54 bits per heavy atom. The number of hydrogen-bond donors (Lipinski definition) is 0. The van der Waals surface area contributed by atoms with Gasteiger partial charge in [0, 0.05) is 5.56 Å². The van der Waals surface area contributed by atoms with E-state index in [4.69, 9.17) is 14.1 Å². The number of nitrogens with zero attached hydrogens (tertiary/aromatic N) is 1. The van der Waals surface area contributed by atoms with Crippen molar-refractivity contribution < 1.29 is 13.9 Å². The summed E-state index contributed by atoms with van der Waals surface area (Å²) in [7, 11) is 1.47. The molecular weight excluding hydrogens is 390 g/mol. The number of methoxy groups -OCH3 is 1. The molecular formula is C22H29NO3S2. The van der Waals surface area contributed by atoms with Crippen LogP contribution in [-0.4, -0.2) is 33.6 Å². The van der Waals surface area contributed by atoms with Crippen LogP contribution >= 0.6 is 23.5 Å². The van der Waals surface area contributed by atoms with Crippen LogP contribution in [0.4, 0.5) is 0 Å². The molecule has 152 valence electrons. The molecule has 0 atom stereocenters. The number of oxazole rings is 1. The molecule has 0 radical (unpaired) electrons. The Morgan fingerprint density at radius 1 is 1.21 bits per heavy atom. The van der Waals surface area contributed by atoms with Crippen LogP contribution in [0, 0.1) is 19.8 Å². The molecule has 4 nitrogen and oxygen atoms in total. The van der Waals surface area contributed by atoms with E-state index in [1.54, 1.807) is 23.5 Å². The fourth-order valence-electron chi connectivity index (χ4n) is 3.32. The zero-order chi connectivity index (χ0) is 20.1. The first-order chi connectivity index (χ1) is 13.4. The van der Waals surface area contributed by atoms with Crippen LogP contribution in [0.25, 0.3) is 11.5 Å². The molecule has 6 heteroatoms.